The number of aromatic nitrogens is 2. The molecule has 0 spiro atoms. The van der Waals surface area contributed by atoms with Crippen LogP contribution < -0.4 is 5.32 Å². The summed E-state index contributed by atoms with van der Waals surface area (Å²) in [4.78, 5) is 0. The Labute approximate surface area is 158 Å². The summed E-state index contributed by atoms with van der Waals surface area (Å²) in [6.07, 6.45) is -2.13. The van der Waals surface area contributed by atoms with E-state index in [9.17, 15) is 13.2 Å². The molecule has 1 aliphatic rings. The standard InChI is InChI=1S/C19H13F3N6/c20-19(21,22)18-15-3-1-2-4-17(15)28(27-18)14-7-5-13(6-8-14)26-16(11-25)12(9-23)10-24/h5-8,26H,1-4H2. The van der Waals surface area contributed by atoms with Gasteiger partial charge in [-0.25, -0.2) is 4.68 Å². The van der Waals surface area contributed by atoms with Gasteiger partial charge in [0.05, 0.1) is 5.69 Å². The number of allylic oxidation sites excluding steroid dienone is 2. The molecule has 0 amide bonds. The smallest absolute Gasteiger partial charge is 0.345 e. The van der Waals surface area contributed by atoms with Crippen molar-refractivity contribution < 1.29 is 13.2 Å². The van der Waals surface area contributed by atoms with E-state index in [0.29, 0.717) is 36.3 Å². The third-order valence-corrected chi connectivity index (χ3v) is 4.42. The Morgan fingerprint density at radius 2 is 1.64 bits per heavy atom. The number of fused-ring (bicyclic) bond motifs is 1. The van der Waals surface area contributed by atoms with Gasteiger partial charge >= 0.3 is 6.18 Å². The van der Waals surface area contributed by atoms with E-state index in [-0.39, 0.29) is 16.8 Å². The topological polar surface area (TPSA) is 101 Å². The van der Waals surface area contributed by atoms with Gasteiger partial charge in [0.2, 0.25) is 0 Å². The molecular weight excluding hydrogens is 369 g/mol. The predicted molar refractivity (Wildman–Crippen MR) is 92.7 cm³/mol. The van der Waals surface area contributed by atoms with Crippen LogP contribution in [0, 0.1) is 34.0 Å². The number of alkyl halides is 3. The highest BCUT2D eigenvalue weighted by atomic mass is 19.4. The molecule has 0 saturated carbocycles. The van der Waals surface area contributed by atoms with Crippen LogP contribution in [0.1, 0.15) is 29.8 Å². The molecule has 0 bridgehead atoms. The Bertz CT molecular complexity index is 1040. The summed E-state index contributed by atoms with van der Waals surface area (Å²) in [7, 11) is 0. The SMILES string of the molecule is N#CC(C#N)=C(C#N)Nc1ccc(-n2nc(C(F)(F)F)c3c2CCCC3)cc1. The first-order chi connectivity index (χ1) is 13.4. The van der Waals surface area contributed by atoms with E-state index in [2.05, 4.69) is 10.4 Å². The molecule has 1 aromatic carbocycles. The van der Waals surface area contributed by atoms with Crippen LogP contribution in [0.4, 0.5) is 18.9 Å². The second kappa shape index (κ2) is 7.46. The molecule has 0 atom stereocenters. The van der Waals surface area contributed by atoms with Crippen molar-refractivity contribution in [1.29, 1.82) is 15.8 Å². The van der Waals surface area contributed by atoms with Gasteiger partial charge in [-0.15, -0.1) is 0 Å². The van der Waals surface area contributed by atoms with Crippen LogP contribution in [0.2, 0.25) is 0 Å². The Kier molecular flexibility index (Phi) is 5.06. The zero-order chi connectivity index (χ0) is 20.3. The van der Waals surface area contributed by atoms with Gasteiger partial charge in [0.25, 0.3) is 0 Å². The van der Waals surface area contributed by atoms with Crippen LogP contribution in [0.25, 0.3) is 5.69 Å². The summed E-state index contributed by atoms with van der Waals surface area (Å²) >= 11 is 0. The monoisotopic (exact) mass is 382 g/mol. The van der Waals surface area contributed by atoms with Crippen molar-refractivity contribution in [3.8, 4) is 23.9 Å². The van der Waals surface area contributed by atoms with Crippen LogP contribution in [0.3, 0.4) is 0 Å². The lowest BCUT2D eigenvalue weighted by Crippen LogP contribution is -2.11. The average Bonchev–Trinajstić information content (AvgIpc) is 3.09. The van der Waals surface area contributed by atoms with Crippen molar-refractivity contribution >= 4 is 5.69 Å². The molecular formula is C19H13F3N6. The van der Waals surface area contributed by atoms with Crippen molar-refractivity contribution in [2.45, 2.75) is 31.9 Å². The minimum absolute atomic E-state index is 0.200. The number of rotatable bonds is 3. The molecule has 6 nitrogen and oxygen atoms in total. The van der Waals surface area contributed by atoms with Crippen molar-refractivity contribution in [3.05, 3.63) is 52.5 Å². The molecule has 3 rings (SSSR count). The highest BCUT2D eigenvalue weighted by molar-refractivity contribution is 5.59. The summed E-state index contributed by atoms with van der Waals surface area (Å²) in [6.45, 7) is 0. The molecule has 0 saturated heterocycles. The van der Waals surface area contributed by atoms with Crippen molar-refractivity contribution in [2.24, 2.45) is 0 Å². The lowest BCUT2D eigenvalue weighted by Gasteiger charge is -2.15. The molecule has 140 valence electrons. The molecule has 0 radical (unpaired) electrons. The normalized spacial score (nSPS) is 12.9. The quantitative estimate of drug-likeness (QED) is 0.809. The van der Waals surface area contributed by atoms with Gasteiger partial charge in [0.15, 0.2) is 11.3 Å². The third kappa shape index (κ3) is 3.54. The number of benzene rings is 1. The molecule has 9 heteroatoms. The van der Waals surface area contributed by atoms with Crippen LogP contribution in [0.15, 0.2) is 35.5 Å². The van der Waals surface area contributed by atoms with Gasteiger partial charge in [-0.3, -0.25) is 0 Å². The molecule has 2 aromatic rings. The van der Waals surface area contributed by atoms with E-state index < -0.39 is 11.9 Å². The molecule has 1 N–H and O–H groups in total. The molecule has 1 aliphatic carbocycles. The number of hydrogen-bond donors (Lipinski definition) is 1. The van der Waals surface area contributed by atoms with Crippen LogP contribution in [-0.2, 0) is 19.0 Å². The lowest BCUT2D eigenvalue weighted by molar-refractivity contribution is -0.142. The van der Waals surface area contributed by atoms with E-state index in [1.165, 1.54) is 4.68 Å². The Morgan fingerprint density at radius 3 is 2.21 bits per heavy atom. The van der Waals surface area contributed by atoms with Crippen LogP contribution in [0.5, 0.6) is 0 Å². The number of anilines is 1. The molecule has 0 aliphatic heterocycles. The van der Waals surface area contributed by atoms with Gasteiger partial charge in [0, 0.05) is 16.9 Å². The minimum Gasteiger partial charge on any atom is -0.345 e. The van der Waals surface area contributed by atoms with Gasteiger partial charge in [-0.1, -0.05) is 0 Å². The van der Waals surface area contributed by atoms with Gasteiger partial charge < -0.3 is 5.32 Å². The second-order valence-electron chi connectivity index (χ2n) is 6.15. The maximum Gasteiger partial charge on any atom is 0.435 e. The first-order valence-corrected chi connectivity index (χ1v) is 8.39. The number of hydrogen-bond acceptors (Lipinski definition) is 5. The molecule has 1 aromatic heterocycles. The highest BCUT2D eigenvalue weighted by Crippen LogP contribution is 2.36. The Balaban J connectivity index is 1.96. The number of halogens is 3. The summed E-state index contributed by atoms with van der Waals surface area (Å²) in [5.74, 6) is 0. The van der Waals surface area contributed by atoms with Crippen molar-refractivity contribution in [2.75, 3.05) is 5.32 Å². The van der Waals surface area contributed by atoms with Crippen LogP contribution in [-0.4, -0.2) is 9.78 Å². The Hall–Kier alpha value is -3.77. The number of nitrogens with one attached hydrogen (secondary N) is 1. The Morgan fingerprint density at radius 1 is 1.00 bits per heavy atom. The minimum atomic E-state index is -4.51. The zero-order valence-electron chi connectivity index (χ0n) is 14.5. The maximum atomic E-state index is 13.3. The highest BCUT2D eigenvalue weighted by Gasteiger charge is 2.39. The summed E-state index contributed by atoms with van der Waals surface area (Å²) in [6, 6.07) is 11.2. The fourth-order valence-corrected chi connectivity index (χ4v) is 3.15. The molecule has 0 unspecified atom stereocenters. The maximum absolute atomic E-state index is 13.3. The van der Waals surface area contributed by atoms with Crippen molar-refractivity contribution in [1.82, 2.24) is 9.78 Å². The van der Waals surface area contributed by atoms with E-state index >= 15 is 0 Å². The summed E-state index contributed by atoms with van der Waals surface area (Å²) < 4.78 is 41.3. The van der Waals surface area contributed by atoms with E-state index in [1.54, 1.807) is 42.5 Å². The van der Waals surface area contributed by atoms with E-state index in [1.807, 2.05) is 0 Å². The predicted octanol–water partition coefficient (Wildman–Crippen LogP) is 4.01. The van der Waals surface area contributed by atoms with Crippen LogP contribution >= 0.6 is 0 Å². The summed E-state index contributed by atoms with van der Waals surface area (Å²) in [5.41, 5.74) is 0.294. The van der Waals surface area contributed by atoms with E-state index in [4.69, 9.17) is 15.8 Å². The first kappa shape index (κ1) is 19.0. The molecule has 28 heavy (non-hydrogen) atoms. The van der Waals surface area contributed by atoms with E-state index in [0.717, 1.165) is 6.42 Å². The number of nitrogens with zero attached hydrogens (tertiary/aromatic N) is 5. The first-order valence-electron chi connectivity index (χ1n) is 8.39. The fraction of sp³-hybridized carbons (Fsp3) is 0.263. The zero-order valence-corrected chi connectivity index (χ0v) is 14.5. The largest absolute Gasteiger partial charge is 0.435 e. The fourth-order valence-electron chi connectivity index (χ4n) is 3.15. The second-order valence-corrected chi connectivity index (χ2v) is 6.15. The lowest BCUT2D eigenvalue weighted by atomic mass is 9.95. The molecule has 1 heterocycles. The number of nitriles is 3. The van der Waals surface area contributed by atoms with Gasteiger partial charge in [-0.2, -0.15) is 34.1 Å². The van der Waals surface area contributed by atoms with Gasteiger partial charge in [0.1, 0.15) is 23.9 Å². The van der Waals surface area contributed by atoms with Gasteiger partial charge in [-0.05, 0) is 49.9 Å². The third-order valence-electron chi connectivity index (χ3n) is 4.42. The molecule has 0 fully saturated rings. The summed E-state index contributed by atoms with van der Waals surface area (Å²) in [5, 5.41) is 33.3. The van der Waals surface area contributed by atoms with Crippen molar-refractivity contribution in [3.63, 3.8) is 0 Å². The average molecular weight is 382 g/mol.